The maximum absolute atomic E-state index is 12.4. The number of aromatic nitrogens is 3. The van der Waals surface area contributed by atoms with Crippen LogP contribution in [0.1, 0.15) is 30.7 Å². The first kappa shape index (κ1) is 19.6. The molecule has 9 heteroatoms. The molecule has 1 saturated heterocycles. The SMILES string of the molecule is CC(NC(=O)CSc1nnc(-c2cccs2)n1CC1CCCO1)c1cccs1. The lowest BCUT2D eigenvalue weighted by molar-refractivity contribution is -0.119. The molecular formula is C19H22N4O2S3. The molecule has 2 unspecified atom stereocenters. The molecule has 0 aromatic carbocycles. The minimum Gasteiger partial charge on any atom is -0.376 e. The smallest absolute Gasteiger partial charge is 0.230 e. The first-order chi connectivity index (χ1) is 13.7. The van der Waals surface area contributed by atoms with Crippen LogP contribution >= 0.6 is 34.4 Å². The number of hydrogen-bond donors (Lipinski definition) is 1. The molecule has 3 aromatic rings. The van der Waals surface area contributed by atoms with Crippen LogP contribution in [0.2, 0.25) is 0 Å². The molecule has 1 aliphatic heterocycles. The Balaban J connectivity index is 1.43. The van der Waals surface area contributed by atoms with Gasteiger partial charge in [0, 0.05) is 11.5 Å². The summed E-state index contributed by atoms with van der Waals surface area (Å²) in [6, 6.07) is 8.10. The third kappa shape index (κ3) is 4.65. The predicted molar refractivity (Wildman–Crippen MR) is 114 cm³/mol. The van der Waals surface area contributed by atoms with Crippen LogP contribution in [0.3, 0.4) is 0 Å². The van der Waals surface area contributed by atoms with Crippen molar-refractivity contribution in [3.05, 3.63) is 39.9 Å². The van der Waals surface area contributed by atoms with Gasteiger partial charge in [-0.1, -0.05) is 23.9 Å². The molecule has 1 aliphatic rings. The van der Waals surface area contributed by atoms with Crippen molar-refractivity contribution in [1.29, 1.82) is 0 Å². The number of rotatable bonds is 8. The van der Waals surface area contributed by atoms with Gasteiger partial charge in [0.25, 0.3) is 0 Å². The van der Waals surface area contributed by atoms with Crippen LogP contribution in [-0.2, 0) is 16.1 Å². The Labute approximate surface area is 176 Å². The first-order valence-corrected chi connectivity index (χ1v) is 12.0. The summed E-state index contributed by atoms with van der Waals surface area (Å²) in [4.78, 5) is 14.6. The summed E-state index contributed by atoms with van der Waals surface area (Å²) < 4.78 is 7.91. The van der Waals surface area contributed by atoms with E-state index in [1.165, 1.54) is 11.8 Å². The van der Waals surface area contributed by atoms with Crippen molar-refractivity contribution in [3.8, 4) is 10.7 Å². The average Bonchev–Trinajstić information content (AvgIpc) is 3.48. The van der Waals surface area contributed by atoms with Crippen LogP contribution in [0.4, 0.5) is 0 Å². The Morgan fingerprint density at radius 2 is 2.21 bits per heavy atom. The highest BCUT2D eigenvalue weighted by Gasteiger charge is 2.22. The molecule has 0 saturated carbocycles. The minimum atomic E-state index is -0.00441. The Bertz CT molecular complexity index is 887. The zero-order valence-corrected chi connectivity index (χ0v) is 18.0. The van der Waals surface area contributed by atoms with Crippen molar-refractivity contribution < 1.29 is 9.53 Å². The van der Waals surface area contributed by atoms with Crippen LogP contribution in [0.5, 0.6) is 0 Å². The Morgan fingerprint density at radius 3 is 2.93 bits per heavy atom. The molecule has 2 atom stereocenters. The van der Waals surface area contributed by atoms with Crippen molar-refractivity contribution in [2.75, 3.05) is 12.4 Å². The molecule has 1 amide bonds. The molecule has 4 rings (SSSR count). The fraction of sp³-hybridized carbons (Fsp3) is 0.421. The molecular weight excluding hydrogens is 412 g/mol. The van der Waals surface area contributed by atoms with Gasteiger partial charge >= 0.3 is 0 Å². The zero-order valence-electron chi connectivity index (χ0n) is 15.5. The molecule has 3 aromatic heterocycles. The summed E-state index contributed by atoms with van der Waals surface area (Å²) in [5.41, 5.74) is 0. The van der Waals surface area contributed by atoms with Crippen LogP contribution in [0, 0.1) is 0 Å². The number of ether oxygens (including phenoxy) is 1. The molecule has 0 spiro atoms. The second-order valence-electron chi connectivity index (χ2n) is 6.62. The molecule has 148 valence electrons. The van der Waals surface area contributed by atoms with E-state index in [4.69, 9.17) is 4.74 Å². The van der Waals surface area contributed by atoms with Gasteiger partial charge in [0.2, 0.25) is 5.91 Å². The van der Waals surface area contributed by atoms with Crippen molar-refractivity contribution in [3.63, 3.8) is 0 Å². The van der Waals surface area contributed by atoms with E-state index < -0.39 is 0 Å². The number of carbonyl (C=O) groups excluding carboxylic acids is 1. The fourth-order valence-electron chi connectivity index (χ4n) is 3.16. The number of nitrogens with one attached hydrogen (secondary N) is 1. The topological polar surface area (TPSA) is 69.0 Å². The second-order valence-corrected chi connectivity index (χ2v) is 9.49. The van der Waals surface area contributed by atoms with Crippen LogP contribution in [0.15, 0.2) is 40.2 Å². The van der Waals surface area contributed by atoms with E-state index in [0.29, 0.717) is 5.75 Å². The fourth-order valence-corrected chi connectivity index (χ4v) is 5.37. The number of thiophene rings is 2. The first-order valence-electron chi connectivity index (χ1n) is 9.25. The van der Waals surface area contributed by atoms with Crippen molar-refractivity contribution in [1.82, 2.24) is 20.1 Å². The summed E-state index contributed by atoms with van der Waals surface area (Å²) in [5.74, 6) is 1.15. The van der Waals surface area contributed by atoms with Gasteiger partial charge < -0.3 is 10.1 Å². The molecule has 28 heavy (non-hydrogen) atoms. The standard InChI is InChI=1S/C19H22N4O2S3/c1-13(15-6-3-9-26-15)20-17(24)12-28-19-22-21-18(16-7-4-10-27-16)23(19)11-14-5-2-8-25-14/h3-4,6-7,9-10,13-14H,2,5,8,11-12H2,1H3,(H,20,24). The third-order valence-electron chi connectivity index (χ3n) is 4.55. The lowest BCUT2D eigenvalue weighted by Gasteiger charge is -2.15. The summed E-state index contributed by atoms with van der Waals surface area (Å²) in [7, 11) is 0. The molecule has 4 heterocycles. The highest BCUT2D eigenvalue weighted by atomic mass is 32.2. The van der Waals surface area contributed by atoms with E-state index in [1.54, 1.807) is 22.7 Å². The van der Waals surface area contributed by atoms with Gasteiger partial charge in [-0.05, 0) is 42.7 Å². The minimum absolute atomic E-state index is 0.00441. The third-order valence-corrected chi connectivity index (χ3v) is 7.44. The maximum Gasteiger partial charge on any atom is 0.230 e. The zero-order chi connectivity index (χ0) is 19.3. The predicted octanol–water partition coefficient (Wildman–Crippen LogP) is 4.22. The Morgan fingerprint density at radius 1 is 1.36 bits per heavy atom. The molecule has 0 bridgehead atoms. The molecule has 0 radical (unpaired) electrons. The summed E-state index contributed by atoms with van der Waals surface area (Å²) in [6.45, 7) is 3.53. The van der Waals surface area contributed by atoms with Gasteiger partial charge in [0.1, 0.15) is 0 Å². The van der Waals surface area contributed by atoms with Crippen LogP contribution in [-0.4, -0.2) is 39.1 Å². The maximum atomic E-state index is 12.4. The number of hydrogen-bond acceptors (Lipinski definition) is 7. The van der Waals surface area contributed by atoms with Gasteiger partial charge in [-0.25, -0.2) is 0 Å². The molecule has 1 fully saturated rings. The molecule has 0 aliphatic carbocycles. The van der Waals surface area contributed by atoms with E-state index >= 15 is 0 Å². The molecule has 1 N–H and O–H groups in total. The van der Waals surface area contributed by atoms with Crippen molar-refractivity contribution in [2.24, 2.45) is 0 Å². The van der Waals surface area contributed by atoms with E-state index in [-0.39, 0.29) is 18.1 Å². The quantitative estimate of drug-likeness (QED) is 0.538. The van der Waals surface area contributed by atoms with Gasteiger partial charge in [0.05, 0.1) is 29.3 Å². The highest BCUT2D eigenvalue weighted by molar-refractivity contribution is 7.99. The van der Waals surface area contributed by atoms with Gasteiger partial charge in [-0.3, -0.25) is 9.36 Å². The lowest BCUT2D eigenvalue weighted by Crippen LogP contribution is -2.28. The second kappa shape index (κ2) is 9.21. The van der Waals surface area contributed by atoms with Crippen molar-refractivity contribution >= 4 is 40.3 Å². The highest BCUT2D eigenvalue weighted by Crippen LogP contribution is 2.29. The van der Waals surface area contributed by atoms with Gasteiger partial charge in [0.15, 0.2) is 11.0 Å². The van der Waals surface area contributed by atoms with Crippen LogP contribution < -0.4 is 5.32 Å². The summed E-state index contributed by atoms with van der Waals surface area (Å²) in [5, 5.41) is 16.6. The van der Waals surface area contributed by atoms with Crippen molar-refractivity contribution in [2.45, 2.75) is 43.6 Å². The number of amides is 1. The van der Waals surface area contributed by atoms with Gasteiger partial charge in [-0.15, -0.1) is 32.9 Å². The van der Waals surface area contributed by atoms with E-state index in [9.17, 15) is 4.79 Å². The number of carbonyl (C=O) groups is 1. The largest absolute Gasteiger partial charge is 0.376 e. The monoisotopic (exact) mass is 434 g/mol. The normalized spacial score (nSPS) is 17.7. The van der Waals surface area contributed by atoms with Gasteiger partial charge in [-0.2, -0.15) is 0 Å². The lowest BCUT2D eigenvalue weighted by atomic mass is 10.2. The molecule has 6 nitrogen and oxygen atoms in total. The van der Waals surface area contributed by atoms with Crippen LogP contribution in [0.25, 0.3) is 10.7 Å². The number of thioether (sulfide) groups is 1. The van der Waals surface area contributed by atoms with E-state index in [0.717, 1.165) is 46.7 Å². The Kier molecular flexibility index (Phi) is 6.46. The number of nitrogens with zero attached hydrogens (tertiary/aromatic N) is 3. The average molecular weight is 435 g/mol. The van der Waals surface area contributed by atoms with E-state index in [2.05, 4.69) is 20.1 Å². The Hall–Kier alpha value is -1.68. The summed E-state index contributed by atoms with van der Waals surface area (Å²) in [6.07, 6.45) is 2.32. The summed E-state index contributed by atoms with van der Waals surface area (Å²) >= 11 is 4.72. The van der Waals surface area contributed by atoms with E-state index in [1.807, 2.05) is 41.9 Å².